The van der Waals surface area contributed by atoms with E-state index in [0.717, 1.165) is 17.1 Å². The zero-order valence-corrected chi connectivity index (χ0v) is 13.6. The third kappa shape index (κ3) is 3.78. The lowest BCUT2D eigenvalue weighted by atomic mass is 10.2. The lowest BCUT2D eigenvalue weighted by Crippen LogP contribution is -1.93. The maximum atomic E-state index is 8.71. The lowest BCUT2D eigenvalue weighted by Gasteiger charge is -2.07. The van der Waals surface area contributed by atoms with Gasteiger partial charge >= 0.3 is 0 Å². The van der Waals surface area contributed by atoms with Crippen LogP contribution in [0.15, 0.2) is 48.7 Å². The fraction of sp³-hybridized carbons (Fsp3) is 0.211. The number of benzene rings is 1. The van der Waals surface area contributed by atoms with E-state index in [0.29, 0.717) is 24.0 Å². The fourth-order valence-electron chi connectivity index (χ4n) is 2.58. The third-order valence-electron chi connectivity index (χ3n) is 4.05. The molecule has 0 aliphatic heterocycles. The van der Waals surface area contributed by atoms with Gasteiger partial charge < -0.3 is 10.1 Å². The fourth-order valence-corrected chi connectivity index (χ4v) is 2.58. The molecule has 0 radical (unpaired) electrons. The number of nitrogens with zero attached hydrogens (tertiary/aromatic N) is 3. The summed E-state index contributed by atoms with van der Waals surface area (Å²) in [5.74, 6) is 2.61. The Morgan fingerprint density at radius 1 is 1.20 bits per heavy atom. The molecule has 2 N–H and O–H groups in total. The van der Waals surface area contributed by atoms with Crippen molar-refractivity contribution in [3.05, 3.63) is 59.9 Å². The number of nitrogens with one attached hydrogen (secondary N) is 2. The lowest BCUT2D eigenvalue weighted by molar-refractivity contribution is 0.463. The Hall–Kier alpha value is -3.33. The van der Waals surface area contributed by atoms with Crippen molar-refractivity contribution in [3.63, 3.8) is 0 Å². The monoisotopic (exact) mass is 331 g/mol. The van der Waals surface area contributed by atoms with Gasteiger partial charge in [0.15, 0.2) is 5.82 Å². The number of hydrogen-bond acceptors (Lipinski definition) is 5. The van der Waals surface area contributed by atoms with Crippen molar-refractivity contribution in [1.82, 2.24) is 15.2 Å². The van der Waals surface area contributed by atoms with Crippen molar-refractivity contribution < 1.29 is 4.74 Å². The highest BCUT2D eigenvalue weighted by atomic mass is 16.5. The molecule has 0 bridgehead atoms. The van der Waals surface area contributed by atoms with Gasteiger partial charge in [0.2, 0.25) is 5.88 Å². The maximum Gasteiger partial charge on any atom is 0.221 e. The highest BCUT2D eigenvalue weighted by Crippen LogP contribution is 2.39. The van der Waals surface area contributed by atoms with Crippen molar-refractivity contribution in [2.45, 2.75) is 25.2 Å². The number of rotatable bonds is 6. The molecule has 6 heteroatoms. The highest BCUT2D eigenvalue weighted by molar-refractivity contribution is 5.57. The van der Waals surface area contributed by atoms with Gasteiger partial charge in [0.05, 0.1) is 12.5 Å². The van der Waals surface area contributed by atoms with Crippen LogP contribution < -0.4 is 10.1 Å². The van der Waals surface area contributed by atoms with Crippen LogP contribution in [0.5, 0.6) is 11.6 Å². The zero-order chi connectivity index (χ0) is 17.1. The van der Waals surface area contributed by atoms with Crippen molar-refractivity contribution in [3.8, 4) is 17.7 Å². The van der Waals surface area contributed by atoms with Crippen LogP contribution in [0.2, 0.25) is 0 Å². The Morgan fingerprint density at radius 2 is 2.04 bits per heavy atom. The molecule has 4 rings (SSSR count). The van der Waals surface area contributed by atoms with Crippen LogP contribution in [-0.2, 0) is 6.42 Å². The summed E-state index contributed by atoms with van der Waals surface area (Å²) in [5.41, 5.74) is 3.01. The van der Waals surface area contributed by atoms with Crippen molar-refractivity contribution in [2.75, 3.05) is 5.32 Å². The molecule has 6 nitrogen and oxygen atoms in total. The number of anilines is 2. The van der Waals surface area contributed by atoms with Gasteiger partial charge in [-0.25, -0.2) is 4.98 Å². The van der Waals surface area contributed by atoms with Crippen molar-refractivity contribution in [2.24, 2.45) is 0 Å². The molecule has 1 saturated carbocycles. The zero-order valence-electron chi connectivity index (χ0n) is 13.6. The molecule has 0 saturated heterocycles. The molecule has 1 aliphatic rings. The SMILES string of the molecule is N#CCc1ccc(Oc2cc(Nc3cc(C4CC4)[nH]n3)ccn2)cc1. The first kappa shape index (κ1) is 15.2. The van der Waals surface area contributed by atoms with Gasteiger partial charge in [-0.3, -0.25) is 5.10 Å². The van der Waals surface area contributed by atoms with E-state index in [1.165, 1.54) is 18.5 Å². The second-order valence-electron chi connectivity index (χ2n) is 6.07. The van der Waals surface area contributed by atoms with E-state index in [9.17, 15) is 0 Å². The minimum Gasteiger partial charge on any atom is -0.439 e. The Balaban J connectivity index is 1.44. The molecule has 2 heterocycles. The van der Waals surface area contributed by atoms with Gasteiger partial charge in [-0.15, -0.1) is 0 Å². The summed E-state index contributed by atoms with van der Waals surface area (Å²) in [4.78, 5) is 4.24. The molecule has 0 unspecified atom stereocenters. The van der Waals surface area contributed by atoms with Crippen LogP contribution >= 0.6 is 0 Å². The summed E-state index contributed by atoms with van der Waals surface area (Å²) in [6.07, 6.45) is 4.56. The molecule has 3 aromatic rings. The van der Waals surface area contributed by atoms with Crippen LogP contribution in [0.25, 0.3) is 0 Å². The van der Waals surface area contributed by atoms with Crippen molar-refractivity contribution >= 4 is 11.5 Å². The molecule has 124 valence electrons. The summed E-state index contributed by atoms with van der Waals surface area (Å²) in [5, 5.41) is 19.3. The smallest absolute Gasteiger partial charge is 0.221 e. The predicted molar refractivity (Wildman–Crippen MR) is 93.9 cm³/mol. The average molecular weight is 331 g/mol. The van der Waals surface area contributed by atoms with Gasteiger partial charge in [0.1, 0.15) is 5.75 Å². The van der Waals surface area contributed by atoms with E-state index in [4.69, 9.17) is 10.00 Å². The Bertz CT molecular complexity index is 906. The second kappa shape index (κ2) is 6.65. The van der Waals surface area contributed by atoms with Gasteiger partial charge in [-0.05, 0) is 36.6 Å². The number of hydrogen-bond donors (Lipinski definition) is 2. The molecular formula is C19H17N5O. The Morgan fingerprint density at radius 3 is 2.80 bits per heavy atom. The molecule has 1 aliphatic carbocycles. The largest absolute Gasteiger partial charge is 0.439 e. The van der Waals surface area contributed by atoms with Crippen LogP contribution in [0.3, 0.4) is 0 Å². The minimum absolute atomic E-state index is 0.393. The molecule has 25 heavy (non-hydrogen) atoms. The summed E-state index contributed by atoms with van der Waals surface area (Å²) in [6.45, 7) is 0. The minimum atomic E-state index is 0.393. The van der Waals surface area contributed by atoms with Gasteiger partial charge in [0, 0.05) is 35.6 Å². The molecule has 0 spiro atoms. The quantitative estimate of drug-likeness (QED) is 0.704. The normalized spacial score (nSPS) is 13.2. The van der Waals surface area contributed by atoms with Gasteiger partial charge in [-0.1, -0.05) is 12.1 Å². The van der Waals surface area contributed by atoms with Crippen molar-refractivity contribution in [1.29, 1.82) is 5.26 Å². The van der Waals surface area contributed by atoms with E-state index in [1.807, 2.05) is 42.5 Å². The first-order valence-corrected chi connectivity index (χ1v) is 8.22. The molecule has 0 amide bonds. The van der Waals surface area contributed by atoms with E-state index < -0.39 is 0 Å². The van der Waals surface area contributed by atoms with E-state index in [1.54, 1.807) is 6.20 Å². The number of H-pyrrole nitrogens is 1. The molecule has 2 aromatic heterocycles. The molecule has 0 atom stereocenters. The van der Waals surface area contributed by atoms with Crippen LogP contribution in [0, 0.1) is 11.3 Å². The Kier molecular flexibility index (Phi) is 4.05. The highest BCUT2D eigenvalue weighted by Gasteiger charge is 2.25. The number of aromatic nitrogens is 3. The Labute approximate surface area is 145 Å². The molecule has 1 fully saturated rings. The number of pyridine rings is 1. The number of ether oxygens (including phenoxy) is 1. The molecular weight excluding hydrogens is 314 g/mol. The first-order valence-electron chi connectivity index (χ1n) is 8.22. The van der Waals surface area contributed by atoms with E-state index >= 15 is 0 Å². The first-order chi connectivity index (χ1) is 12.3. The average Bonchev–Trinajstić information content (AvgIpc) is 3.37. The van der Waals surface area contributed by atoms with Crippen LogP contribution in [0.1, 0.15) is 30.0 Å². The topological polar surface area (TPSA) is 86.6 Å². The summed E-state index contributed by atoms with van der Waals surface area (Å²) in [6, 6.07) is 15.3. The van der Waals surface area contributed by atoms with Crippen LogP contribution in [-0.4, -0.2) is 15.2 Å². The van der Waals surface area contributed by atoms with E-state index in [2.05, 4.69) is 26.6 Å². The molecule has 1 aromatic carbocycles. The summed E-state index contributed by atoms with van der Waals surface area (Å²) < 4.78 is 5.78. The van der Waals surface area contributed by atoms with E-state index in [-0.39, 0.29) is 0 Å². The summed E-state index contributed by atoms with van der Waals surface area (Å²) >= 11 is 0. The van der Waals surface area contributed by atoms with Crippen LogP contribution in [0.4, 0.5) is 11.5 Å². The second-order valence-corrected chi connectivity index (χ2v) is 6.07. The number of aromatic amines is 1. The van der Waals surface area contributed by atoms with Gasteiger partial charge in [0.25, 0.3) is 0 Å². The summed E-state index contributed by atoms with van der Waals surface area (Å²) in [7, 11) is 0. The third-order valence-corrected chi connectivity index (χ3v) is 4.05. The number of nitriles is 1. The van der Waals surface area contributed by atoms with Gasteiger partial charge in [-0.2, -0.15) is 10.4 Å². The standard InChI is InChI=1S/C19H17N5O/c20-9-7-13-1-5-16(6-2-13)25-19-11-15(8-10-21-19)22-18-12-17(23-24-18)14-3-4-14/h1-2,5-6,8,10-12,14H,3-4,7H2,(H2,21,22,23,24). The predicted octanol–water partition coefficient (Wildman–Crippen LogP) is 4.28. The maximum absolute atomic E-state index is 8.71.